The van der Waals surface area contributed by atoms with E-state index >= 15 is 0 Å². The predicted molar refractivity (Wildman–Crippen MR) is 36.2 cm³/mol. The number of Topliss-reactive ketones (excluding diaryl/α,β-unsaturated/α-hetero) is 1. The highest BCUT2D eigenvalue weighted by Crippen LogP contribution is 2.05. The summed E-state index contributed by atoms with van der Waals surface area (Å²) in [4.78, 5) is 10.5. The van der Waals surface area contributed by atoms with Crippen molar-refractivity contribution in [2.75, 3.05) is 6.61 Å². The molecule has 0 bridgehead atoms. The van der Waals surface area contributed by atoms with Crippen LogP contribution in [0.2, 0.25) is 0 Å². The molecule has 9 heavy (non-hydrogen) atoms. The third-order valence-electron chi connectivity index (χ3n) is 1.45. The van der Waals surface area contributed by atoms with Gasteiger partial charge in [0.1, 0.15) is 6.61 Å². The monoisotopic (exact) mass is 130 g/mol. The van der Waals surface area contributed by atoms with Crippen molar-refractivity contribution in [3.63, 3.8) is 0 Å². The highest BCUT2D eigenvalue weighted by molar-refractivity contribution is 5.79. The van der Waals surface area contributed by atoms with Crippen molar-refractivity contribution >= 4 is 5.78 Å². The first-order valence-electron chi connectivity index (χ1n) is 3.33. The fraction of sp³-hybridized carbons (Fsp3) is 0.857. The van der Waals surface area contributed by atoms with Crippen LogP contribution in [-0.2, 0) is 4.79 Å². The topological polar surface area (TPSA) is 37.3 Å². The Morgan fingerprint density at radius 3 is 2.56 bits per heavy atom. The first-order valence-corrected chi connectivity index (χ1v) is 3.33. The van der Waals surface area contributed by atoms with Crippen LogP contribution in [0.1, 0.15) is 26.7 Å². The average Bonchev–Trinajstić information content (AvgIpc) is 1.87. The van der Waals surface area contributed by atoms with Crippen LogP contribution in [0.4, 0.5) is 0 Å². The van der Waals surface area contributed by atoms with E-state index in [0.717, 1.165) is 6.42 Å². The second-order valence-corrected chi connectivity index (χ2v) is 2.41. The SMILES string of the molecule is CC[C@@H](C)CC(=O)CO. The molecule has 0 aromatic carbocycles. The molecule has 0 aliphatic heterocycles. The summed E-state index contributed by atoms with van der Waals surface area (Å²) in [6, 6.07) is 0. The van der Waals surface area contributed by atoms with Gasteiger partial charge < -0.3 is 5.11 Å². The lowest BCUT2D eigenvalue weighted by Crippen LogP contribution is -2.08. The fourth-order valence-electron chi connectivity index (χ4n) is 0.598. The van der Waals surface area contributed by atoms with Crippen LogP contribution in [0.15, 0.2) is 0 Å². The Kier molecular flexibility index (Phi) is 4.32. The summed E-state index contributed by atoms with van der Waals surface area (Å²) in [5, 5.41) is 8.33. The van der Waals surface area contributed by atoms with Gasteiger partial charge in [0, 0.05) is 6.42 Å². The lowest BCUT2D eigenvalue weighted by Gasteiger charge is -2.03. The van der Waals surface area contributed by atoms with Crippen LogP contribution < -0.4 is 0 Å². The summed E-state index contributed by atoms with van der Waals surface area (Å²) in [5.74, 6) is 0.369. The van der Waals surface area contributed by atoms with Gasteiger partial charge in [-0.05, 0) is 5.92 Å². The Hall–Kier alpha value is -0.370. The molecular formula is C7H14O2. The van der Waals surface area contributed by atoms with Gasteiger partial charge in [0.25, 0.3) is 0 Å². The maximum absolute atomic E-state index is 10.5. The zero-order valence-electron chi connectivity index (χ0n) is 6.05. The second-order valence-electron chi connectivity index (χ2n) is 2.41. The Labute approximate surface area is 55.9 Å². The molecule has 0 heterocycles. The third-order valence-corrected chi connectivity index (χ3v) is 1.45. The van der Waals surface area contributed by atoms with E-state index in [4.69, 9.17) is 5.11 Å². The average molecular weight is 130 g/mol. The second kappa shape index (κ2) is 4.50. The molecule has 0 radical (unpaired) electrons. The molecule has 2 nitrogen and oxygen atoms in total. The minimum Gasteiger partial charge on any atom is -0.389 e. The summed E-state index contributed by atoms with van der Waals surface area (Å²) in [6.45, 7) is 3.74. The maximum Gasteiger partial charge on any atom is 0.158 e. The lowest BCUT2D eigenvalue weighted by molar-refractivity contribution is -0.122. The zero-order chi connectivity index (χ0) is 7.28. The van der Waals surface area contributed by atoms with Crippen molar-refractivity contribution in [1.29, 1.82) is 0 Å². The van der Waals surface area contributed by atoms with E-state index in [1.807, 2.05) is 13.8 Å². The van der Waals surface area contributed by atoms with E-state index in [9.17, 15) is 4.79 Å². The smallest absolute Gasteiger partial charge is 0.158 e. The van der Waals surface area contributed by atoms with E-state index in [-0.39, 0.29) is 12.4 Å². The Morgan fingerprint density at radius 2 is 2.22 bits per heavy atom. The van der Waals surface area contributed by atoms with Crippen molar-refractivity contribution in [2.24, 2.45) is 5.92 Å². The van der Waals surface area contributed by atoms with Crippen molar-refractivity contribution < 1.29 is 9.90 Å². The zero-order valence-corrected chi connectivity index (χ0v) is 6.05. The summed E-state index contributed by atoms with van der Waals surface area (Å²) in [5.41, 5.74) is 0. The molecule has 0 spiro atoms. The molecule has 0 aromatic rings. The molecule has 0 unspecified atom stereocenters. The molecule has 0 aromatic heterocycles. The van der Waals surface area contributed by atoms with Crippen molar-refractivity contribution in [3.05, 3.63) is 0 Å². The number of ketones is 1. The van der Waals surface area contributed by atoms with Crippen molar-refractivity contribution in [3.8, 4) is 0 Å². The molecule has 0 fully saturated rings. The molecule has 0 saturated carbocycles. The number of aliphatic hydroxyl groups is 1. The number of carbonyl (C=O) groups is 1. The van der Waals surface area contributed by atoms with E-state index in [0.29, 0.717) is 12.3 Å². The molecule has 0 saturated heterocycles. The third kappa shape index (κ3) is 4.15. The quantitative estimate of drug-likeness (QED) is 0.616. The van der Waals surface area contributed by atoms with Gasteiger partial charge in [0.2, 0.25) is 0 Å². The lowest BCUT2D eigenvalue weighted by atomic mass is 10.0. The summed E-state index contributed by atoms with van der Waals surface area (Å²) in [6.07, 6.45) is 1.53. The van der Waals surface area contributed by atoms with Gasteiger partial charge in [-0.25, -0.2) is 0 Å². The number of carbonyl (C=O) groups excluding carboxylic acids is 1. The number of aliphatic hydroxyl groups excluding tert-OH is 1. The normalized spacial score (nSPS) is 13.2. The van der Waals surface area contributed by atoms with E-state index < -0.39 is 0 Å². The molecule has 0 amide bonds. The molecule has 54 valence electrons. The van der Waals surface area contributed by atoms with Gasteiger partial charge >= 0.3 is 0 Å². The Bertz CT molecular complexity index is 88.9. The first-order chi connectivity index (χ1) is 4.20. The number of hydrogen-bond donors (Lipinski definition) is 1. The van der Waals surface area contributed by atoms with Crippen LogP contribution in [0.5, 0.6) is 0 Å². The highest BCUT2D eigenvalue weighted by Gasteiger charge is 2.04. The highest BCUT2D eigenvalue weighted by atomic mass is 16.3. The van der Waals surface area contributed by atoms with E-state index in [1.165, 1.54) is 0 Å². The van der Waals surface area contributed by atoms with Gasteiger partial charge in [-0.2, -0.15) is 0 Å². The van der Waals surface area contributed by atoms with Crippen LogP contribution in [0.3, 0.4) is 0 Å². The van der Waals surface area contributed by atoms with Gasteiger partial charge in [0.15, 0.2) is 5.78 Å². The summed E-state index contributed by atoms with van der Waals surface area (Å²) in [7, 11) is 0. The Balaban J connectivity index is 3.34. The molecule has 1 N–H and O–H groups in total. The standard InChI is InChI=1S/C7H14O2/c1-3-6(2)4-7(9)5-8/h6,8H,3-5H2,1-2H3/t6-/m1/s1. The van der Waals surface area contributed by atoms with E-state index in [1.54, 1.807) is 0 Å². The van der Waals surface area contributed by atoms with Gasteiger partial charge in [0.05, 0.1) is 0 Å². The predicted octanol–water partition coefficient (Wildman–Crippen LogP) is 0.984. The first kappa shape index (κ1) is 8.63. The minimum atomic E-state index is -0.301. The molecule has 2 heteroatoms. The van der Waals surface area contributed by atoms with Crippen LogP contribution in [-0.4, -0.2) is 17.5 Å². The van der Waals surface area contributed by atoms with Crippen LogP contribution in [0, 0.1) is 5.92 Å². The minimum absolute atomic E-state index is 0.0515. The molecule has 0 aliphatic rings. The summed E-state index contributed by atoms with van der Waals surface area (Å²) < 4.78 is 0. The van der Waals surface area contributed by atoms with Gasteiger partial charge in [-0.1, -0.05) is 20.3 Å². The molecular weight excluding hydrogens is 116 g/mol. The molecule has 0 aliphatic carbocycles. The van der Waals surface area contributed by atoms with Gasteiger partial charge in [-0.15, -0.1) is 0 Å². The van der Waals surface area contributed by atoms with E-state index in [2.05, 4.69) is 0 Å². The Morgan fingerprint density at radius 1 is 1.67 bits per heavy atom. The maximum atomic E-state index is 10.5. The van der Waals surface area contributed by atoms with Crippen molar-refractivity contribution in [2.45, 2.75) is 26.7 Å². The molecule has 1 atom stereocenters. The fourth-order valence-corrected chi connectivity index (χ4v) is 0.598. The van der Waals surface area contributed by atoms with Gasteiger partial charge in [-0.3, -0.25) is 4.79 Å². The summed E-state index contributed by atoms with van der Waals surface area (Å²) >= 11 is 0. The van der Waals surface area contributed by atoms with Crippen molar-refractivity contribution in [1.82, 2.24) is 0 Å². The number of rotatable bonds is 4. The van der Waals surface area contributed by atoms with Crippen LogP contribution >= 0.6 is 0 Å². The molecule has 0 rings (SSSR count). The number of hydrogen-bond acceptors (Lipinski definition) is 2. The van der Waals surface area contributed by atoms with Crippen LogP contribution in [0.25, 0.3) is 0 Å². The largest absolute Gasteiger partial charge is 0.389 e.